The molecule has 0 saturated heterocycles. The molecule has 0 N–H and O–H groups in total. The molecule has 1 heteroatoms. The zero-order chi connectivity index (χ0) is 57.3. The Morgan fingerprint density at radius 2 is 0.787 bits per heavy atom. The highest BCUT2D eigenvalue weighted by Gasteiger charge is 2.25. The van der Waals surface area contributed by atoms with Gasteiger partial charge in [-0.2, -0.15) is 0 Å². The van der Waals surface area contributed by atoms with Gasteiger partial charge < -0.3 is 4.42 Å². The molecule has 0 fully saturated rings. The van der Waals surface area contributed by atoms with Gasteiger partial charge in [-0.1, -0.05) is 169 Å². The molecule has 0 unspecified atom stereocenters. The Morgan fingerprint density at radius 1 is 0.319 bits per heavy atom. The van der Waals surface area contributed by atoms with Gasteiger partial charge in [0.25, 0.3) is 0 Å². The van der Waals surface area contributed by atoms with E-state index in [1.807, 2.05) is 0 Å². The second kappa shape index (κ2) is 11.3. The molecular weight excluding hydrogens is 569 g/mol. The van der Waals surface area contributed by atoms with E-state index in [0.717, 1.165) is 0 Å². The van der Waals surface area contributed by atoms with Crippen LogP contribution in [0.25, 0.3) is 88.3 Å². The van der Waals surface area contributed by atoms with Gasteiger partial charge in [-0.25, -0.2) is 0 Å². The van der Waals surface area contributed by atoms with Gasteiger partial charge in [0.2, 0.25) is 0 Å². The second-order valence-corrected chi connectivity index (χ2v) is 9.76. The van der Waals surface area contributed by atoms with Crippen LogP contribution < -0.4 is 0 Å². The summed E-state index contributed by atoms with van der Waals surface area (Å²) in [6.45, 7) is 0. The molecule has 9 aromatic rings. The SMILES string of the molecule is [2H]c1c([2H])c([2H])c(-c2c([2H])c([2H])c([2H])c([2H])c2-c2oc3c([2H])c([2H])c(-c4c([2H])c([2H])c([2H])c([2H])c4[2H])c([2H])c3c2-c2c3c([2H])c([2H])c([2H])c([2H])c3c(-c3c([2H])c([2H])c([2H])c([2H])c3[2H])c3c([2H])c([2H])c([2H])c([2H])c23)c([2H])c1[2H]. The summed E-state index contributed by atoms with van der Waals surface area (Å²) >= 11 is 0. The molecule has 0 bridgehead atoms. The van der Waals surface area contributed by atoms with E-state index in [9.17, 15) is 12.3 Å². The Bertz CT molecular complexity index is 4100. The summed E-state index contributed by atoms with van der Waals surface area (Å²) in [6, 6.07) is -31.3. The van der Waals surface area contributed by atoms with Crippen LogP contribution in [0.2, 0.25) is 0 Å². The van der Waals surface area contributed by atoms with E-state index >= 15 is 0 Å². The summed E-state index contributed by atoms with van der Waals surface area (Å²) < 4.78 is 276. The van der Waals surface area contributed by atoms with Gasteiger partial charge in [0.05, 0.1) is 41.1 Å². The van der Waals surface area contributed by atoms with Gasteiger partial charge in [0.1, 0.15) is 11.3 Å². The third kappa shape index (κ3) is 4.56. The van der Waals surface area contributed by atoms with Crippen LogP contribution in [0.15, 0.2) is 186 Å². The quantitative estimate of drug-likeness (QED) is 0.173. The lowest BCUT2D eigenvalue weighted by atomic mass is 9.84. The Hall–Kier alpha value is -6.18. The number of fused-ring (bicyclic) bond motifs is 3. The fourth-order valence-electron chi connectivity index (χ4n) is 5.37. The minimum atomic E-state index is -1.16. The van der Waals surface area contributed by atoms with E-state index in [1.54, 1.807) is 0 Å². The molecule has 0 amide bonds. The first-order valence-electron chi connectivity index (χ1n) is 28.7. The molecule has 1 nitrogen and oxygen atoms in total. The molecule has 0 aliphatic heterocycles. The maximum atomic E-state index is 9.98. The second-order valence-electron chi connectivity index (χ2n) is 9.76. The highest BCUT2D eigenvalue weighted by Crippen LogP contribution is 2.51. The smallest absolute Gasteiger partial charge is 0.143 e. The molecular formula is C46H30O. The fraction of sp³-hybridized carbons (Fsp3) is 0. The number of hydrogen-bond acceptors (Lipinski definition) is 1. The van der Waals surface area contributed by atoms with Crippen molar-refractivity contribution in [1.82, 2.24) is 0 Å². The molecule has 0 atom stereocenters. The van der Waals surface area contributed by atoms with Crippen molar-refractivity contribution < 1.29 is 45.5 Å². The first-order valence-corrected chi connectivity index (χ1v) is 13.7. The topological polar surface area (TPSA) is 13.1 Å². The van der Waals surface area contributed by atoms with E-state index in [0.29, 0.717) is 0 Å². The molecule has 220 valence electrons. The average Bonchev–Trinajstić information content (AvgIpc) is 3.97. The van der Waals surface area contributed by atoms with Crippen LogP contribution in [0, 0.1) is 0 Å². The van der Waals surface area contributed by atoms with Gasteiger partial charge in [0, 0.05) is 22.1 Å². The van der Waals surface area contributed by atoms with Crippen LogP contribution in [0.4, 0.5) is 0 Å². The van der Waals surface area contributed by atoms with E-state index in [2.05, 4.69) is 0 Å². The van der Waals surface area contributed by atoms with Crippen molar-refractivity contribution in [2.75, 3.05) is 0 Å². The van der Waals surface area contributed by atoms with E-state index in [4.69, 9.17) is 33.2 Å². The standard InChI is InChI=1S/C46H30O/c1-4-16-31(17-5-1)34-28-29-42-41(30-34)45(46(47-42)40-27-15-10-22-35(40)32-18-6-2-7-19-32)44-38-25-13-11-23-36(38)43(33-20-8-3-9-21-33)37-24-12-14-26-39(37)44/h1-30H/i1D,2D,3D,4D,5D,6D,7D,8D,9D,10D,11D,12D,13D,14D,15D,16D,17D,18D,19D,20D,21D,22D,23D,24D,25D,26D,27D,28D,29D,30D. The van der Waals surface area contributed by atoms with Crippen molar-refractivity contribution in [3.8, 4) is 55.8 Å². The molecule has 47 heavy (non-hydrogen) atoms. The summed E-state index contributed by atoms with van der Waals surface area (Å²) in [4.78, 5) is 0. The number of hydrogen-bond donors (Lipinski definition) is 0. The summed E-state index contributed by atoms with van der Waals surface area (Å²) in [5, 5.41) is -4.25. The van der Waals surface area contributed by atoms with Gasteiger partial charge in [0.15, 0.2) is 0 Å². The predicted molar refractivity (Wildman–Crippen MR) is 198 cm³/mol. The number of rotatable bonds is 5. The number of benzene rings is 8. The molecule has 1 aromatic heterocycles. The van der Waals surface area contributed by atoms with Crippen molar-refractivity contribution in [2.24, 2.45) is 0 Å². The zero-order valence-corrected chi connectivity index (χ0v) is 23.4. The molecule has 0 aliphatic rings. The van der Waals surface area contributed by atoms with Crippen molar-refractivity contribution in [1.29, 1.82) is 0 Å². The molecule has 8 aromatic carbocycles. The van der Waals surface area contributed by atoms with Crippen LogP contribution in [-0.2, 0) is 0 Å². The van der Waals surface area contributed by atoms with Crippen LogP contribution in [0.1, 0.15) is 41.1 Å². The maximum absolute atomic E-state index is 9.98. The van der Waals surface area contributed by atoms with Gasteiger partial charge in [-0.05, 0) is 67.0 Å². The zero-order valence-electron chi connectivity index (χ0n) is 53.4. The highest BCUT2D eigenvalue weighted by molar-refractivity contribution is 6.25. The normalized spacial score (nSPS) is 20.3. The minimum absolute atomic E-state index is 0.786. The van der Waals surface area contributed by atoms with Gasteiger partial charge >= 0.3 is 0 Å². The van der Waals surface area contributed by atoms with Gasteiger partial charge in [-0.15, -0.1) is 0 Å². The molecule has 0 aliphatic carbocycles. The van der Waals surface area contributed by atoms with E-state index in [-0.39, 0.29) is 0 Å². The summed E-state index contributed by atoms with van der Waals surface area (Å²) in [7, 11) is 0. The average molecular weight is 629 g/mol. The van der Waals surface area contributed by atoms with Crippen molar-refractivity contribution >= 4 is 32.5 Å². The van der Waals surface area contributed by atoms with Crippen molar-refractivity contribution in [2.45, 2.75) is 0 Å². The molecule has 0 saturated carbocycles. The summed E-state index contributed by atoms with van der Waals surface area (Å²) in [6.07, 6.45) is 0. The minimum Gasteiger partial charge on any atom is -0.455 e. The lowest BCUT2D eigenvalue weighted by Gasteiger charge is -2.18. The molecule has 0 spiro atoms. The predicted octanol–water partition coefficient (Wildman–Crippen LogP) is 13.1. The van der Waals surface area contributed by atoms with Crippen molar-refractivity contribution in [3.05, 3.63) is 181 Å². The monoisotopic (exact) mass is 628 g/mol. The largest absolute Gasteiger partial charge is 0.455 e. The Balaban J connectivity index is 1.74. The molecule has 9 rings (SSSR count). The van der Waals surface area contributed by atoms with Crippen LogP contribution in [0.5, 0.6) is 0 Å². The summed E-state index contributed by atoms with van der Waals surface area (Å²) in [5.41, 5.74) is -8.93. The third-order valence-electron chi connectivity index (χ3n) is 7.25. The first kappa shape index (κ1) is 10.4. The van der Waals surface area contributed by atoms with E-state index < -0.39 is 270 Å². The van der Waals surface area contributed by atoms with Crippen LogP contribution >= 0.6 is 0 Å². The lowest BCUT2D eigenvalue weighted by molar-refractivity contribution is 0.633. The van der Waals surface area contributed by atoms with Crippen molar-refractivity contribution in [3.63, 3.8) is 0 Å². The Labute approximate surface area is 316 Å². The van der Waals surface area contributed by atoms with Crippen LogP contribution in [0.3, 0.4) is 0 Å². The van der Waals surface area contributed by atoms with E-state index in [1.165, 1.54) is 0 Å². The fourth-order valence-corrected chi connectivity index (χ4v) is 5.37. The van der Waals surface area contributed by atoms with Gasteiger partial charge in [-0.3, -0.25) is 0 Å². The number of furan rings is 1. The van der Waals surface area contributed by atoms with Crippen LogP contribution in [-0.4, -0.2) is 0 Å². The molecule has 0 radical (unpaired) electrons. The Kier molecular flexibility index (Phi) is 2.51. The Morgan fingerprint density at radius 3 is 1.38 bits per heavy atom. The lowest BCUT2D eigenvalue weighted by Crippen LogP contribution is -1.92. The maximum Gasteiger partial charge on any atom is 0.143 e. The molecule has 1 heterocycles. The first-order chi connectivity index (χ1) is 35.8. The summed E-state index contributed by atoms with van der Waals surface area (Å²) in [5.74, 6) is -1.05. The highest BCUT2D eigenvalue weighted by atomic mass is 16.3. The third-order valence-corrected chi connectivity index (χ3v) is 7.25.